The Labute approximate surface area is 177 Å². The van der Waals surface area contributed by atoms with Gasteiger partial charge in [0.05, 0.1) is 22.7 Å². The van der Waals surface area contributed by atoms with Crippen LogP contribution in [0.5, 0.6) is 0 Å². The third kappa shape index (κ3) is 4.73. The van der Waals surface area contributed by atoms with Gasteiger partial charge >= 0.3 is 0 Å². The molecule has 0 aromatic carbocycles. The van der Waals surface area contributed by atoms with Gasteiger partial charge in [0.1, 0.15) is 0 Å². The maximum atomic E-state index is 13.4. The third-order valence-corrected chi connectivity index (χ3v) is 5.70. The van der Waals surface area contributed by atoms with Crippen LogP contribution in [0.15, 0.2) is 10.6 Å². The number of carbonyl (C=O) groups is 1. The molecule has 7 nitrogen and oxygen atoms in total. The minimum atomic E-state index is 0. The minimum Gasteiger partial charge on any atom is -0.378 e. The van der Waals surface area contributed by atoms with Gasteiger partial charge in [-0.15, -0.1) is 12.4 Å². The Balaban J connectivity index is 0.00000240. The van der Waals surface area contributed by atoms with Crippen molar-refractivity contribution in [2.45, 2.75) is 63.9 Å². The van der Waals surface area contributed by atoms with E-state index in [4.69, 9.17) is 15.0 Å². The normalized spacial score (nSPS) is 17.7. The Morgan fingerprint density at radius 2 is 2.03 bits per heavy atom. The summed E-state index contributed by atoms with van der Waals surface area (Å²) < 4.78 is 11.4. The Hall–Kier alpha value is -1.70. The van der Waals surface area contributed by atoms with Crippen molar-refractivity contribution in [3.05, 3.63) is 23.0 Å². The van der Waals surface area contributed by atoms with E-state index >= 15 is 0 Å². The molecule has 3 heterocycles. The number of aromatic nitrogens is 2. The Morgan fingerprint density at radius 3 is 2.66 bits per heavy atom. The van der Waals surface area contributed by atoms with Crippen LogP contribution in [0.1, 0.15) is 79.5 Å². The van der Waals surface area contributed by atoms with Crippen LogP contribution in [0.3, 0.4) is 0 Å². The second-order valence-electron chi connectivity index (χ2n) is 8.28. The smallest absolute Gasteiger partial charge is 0.259 e. The lowest BCUT2D eigenvalue weighted by Crippen LogP contribution is -2.41. The summed E-state index contributed by atoms with van der Waals surface area (Å²) in [5.41, 5.74) is 8.49. The van der Waals surface area contributed by atoms with Gasteiger partial charge in [-0.25, -0.2) is 4.98 Å². The van der Waals surface area contributed by atoms with Crippen molar-refractivity contribution in [1.29, 1.82) is 0 Å². The Morgan fingerprint density at radius 1 is 1.31 bits per heavy atom. The molecule has 8 heteroatoms. The lowest BCUT2D eigenvalue weighted by Gasteiger charge is -2.32. The van der Waals surface area contributed by atoms with E-state index in [1.807, 2.05) is 11.0 Å². The van der Waals surface area contributed by atoms with E-state index < -0.39 is 0 Å². The van der Waals surface area contributed by atoms with Crippen molar-refractivity contribution in [2.75, 3.05) is 26.2 Å². The molecule has 2 N–H and O–H groups in total. The first kappa shape index (κ1) is 22.0. The molecule has 1 aliphatic heterocycles. The SMILES string of the molecule is CC(C)c1noc2nc(C3CC3)cc(C(=O)N3CCC(OCCCN)CC3)c12.Cl. The van der Waals surface area contributed by atoms with E-state index in [1.165, 1.54) is 0 Å². The number of hydrogen-bond donors (Lipinski definition) is 1. The molecule has 0 atom stereocenters. The van der Waals surface area contributed by atoms with Gasteiger partial charge in [-0.1, -0.05) is 19.0 Å². The maximum Gasteiger partial charge on any atom is 0.259 e. The van der Waals surface area contributed by atoms with Gasteiger partial charge in [0.25, 0.3) is 11.6 Å². The summed E-state index contributed by atoms with van der Waals surface area (Å²) in [5.74, 6) is 0.674. The minimum absolute atomic E-state index is 0. The van der Waals surface area contributed by atoms with Crippen molar-refractivity contribution in [2.24, 2.45) is 5.73 Å². The van der Waals surface area contributed by atoms with Crippen LogP contribution in [0.25, 0.3) is 11.1 Å². The first-order chi connectivity index (χ1) is 13.6. The molecule has 2 aromatic rings. The number of amides is 1. The van der Waals surface area contributed by atoms with Crippen molar-refractivity contribution in [3.63, 3.8) is 0 Å². The summed E-state index contributed by atoms with van der Waals surface area (Å²) in [6.07, 6.45) is 5.08. The largest absolute Gasteiger partial charge is 0.378 e. The Bertz CT molecular complexity index is 842. The summed E-state index contributed by atoms with van der Waals surface area (Å²) in [6.45, 7) is 6.88. The quantitative estimate of drug-likeness (QED) is 0.685. The lowest BCUT2D eigenvalue weighted by atomic mass is 10.00. The van der Waals surface area contributed by atoms with E-state index in [1.54, 1.807) is 0 Å². The number of ether oxygens (including phenoxy) is 1. The average molecular weight is 423 g/mol. The molecule has 160 valence electrons. The third-order valence-electron chi connectivity index (χ3n) is 5.70. The van der Waals surface area contributed by atoms with Crippen LogP contribution in [-0.4, -0.2) is 53.3 Å². The summed E-state index contributed by atoms with van der Waals surface area (Å²) in [6, 6.07) is 1.98. The van der Waals surface area contributed by atoms with Crippen molar-refractivity contribution in [1.82, 2.24) is 15.0 Å². The topological polar surface area (TPSA) is 94.5 Å². The highest BCUT2D eigenvalue weighted by Gasteiger charge is 2.32. The number of fused-ring (bicyclic) bond motifs is 1. The van der Waals surface area contributed by atoms with Gasteiger partial charge in [0.15, 0.2) is 0 Å². The van der Waals surface area contributed by atoms with E-state index in [9.17, 15) is 4.79 Å². The van der Waals surface area contributed by atoms with Gasteiger partial charge in [0.2, 0.25) is 0 Å². The fraction of sp³-hybridized carbons (Fsp3) is 0.667. The van der Waals surface area contributed by atoms with E-state index in [0.29, 0.717) is 43.4 Å². The van der Waals surface area contributed by atoms with Gasteiger partial charge in [0, 0.05) is 31.3 Å². The zero-order valence-corrected chi connectivity index (χ0v) is 18.0. The standard InChI is InChI=1S/C21H30N4O3.ClH/c1-13(2)19-18-16(12-17(14-4-5-14)23-20(18)28-24-19)21(26)25-9-6-15(7-10-25)27-11-3-8-22;/h12-15H,3-11,22H2,1-2H3;1H. The van der Waals surface area contributed by atoms with Crippen molar-refractivity contribution < 1.29 is 14.1 Å². The Kier molecular flexibility index (Phi) is 7.14. The van der Waals surface area contributed by atoms with Crippen molar-refractivity contribution in [3.8, 4) is 0 Å². The van der Waals surface area contributed by atoms with Gasteiger partial charge in [-0.3, -0.25) is 4.79 Å². The number of piperidine rings is 1. The van der Waals surface area contributed by atoms with Crippen LogP contribution in [0.2, 0.25) is 0 Å². The number of nitrogens with two attached hydrogens (primary N) is 1. The van der Waals surface area contributed by atoms with Crippen LogP contribution in [0.4, 0.5) is 0 Å². The summed E-state index contributed by atoms with van der Waals surface area (Å²) >= 11 is 0. The fourth-order valence-corrected chi connectivity index (χ4v) is 3.87. The number of likely N-dealkylation sites (tertiary alicyclic amines) is 1. The number of pyridine rings is 1. The number of hydrogen-bond acceptors (Lipinski definition) is 6. The molecule has 1 aliphatic carbocycles. The predicted molar refractivity (Wildman–Crippen MR) is 114 cm³/mol. The highest BCUT2D eigenvalue weighted by molar-refractivity contribution is 6.06. The van der Waals surface area contributed by atoms with Crippen LogP contribution >= 0.6 is 12.4 Å². The molecular weight excluding hydrogens is 392 g/mol. The summed E-state index contributed by atoms with van der Waals surface area (Å²) in [4.78, 5) is 20.0. The molecule has 2 aliphatic rings. The molecule has 2 aromatic heterocycles. The molecule has 1 amide bonds. The molecule has 29 heavy (non-hydrogen) atoms. The van der Waals surface area contributed by atoms with Crippen LogP contribution in [-0.2, 0) is 4.74 Å². The second kappa shape index (κ2) is 9.41. The second-order valence-corrected chi connectivity index (χ2v) is 8.28. The highest BCUT2D eigenvalue weighted by Crippen LogP contribution is 2.41. The van der Waals surface area contributed by atoms with Crippen LogP contribution < -0.4 is 5.73 Å². The first-order valence-corrected chi connectivity index (χ1v) is 10.5. The molecular formula is C21H31ClN4O3. The molecule has 2 fully saturated rings. The molecule has 1 saturated carbocycles. The van der Waals surface area contributed by atoms with E-state index in [0.717, 1.165) is 48.9 Å². The molecule has 0 unspecified atom stereocenters. The van der Waals surface area contributed by atoms with Crippen molar-refractivity contribution >= 4 is 29.4 Å². The molecule has 1 saturated heterocycles. The fourth-order valence-electron chi connectivity index (χ4n) is 3.87. The van der Waals surface area contributed by atoms with E-state index in [-0.39, 0.29) is 30.3 Å². The first-order valence-electron chi connectivity index (χ1n) is 10.5. The highest BCUT2D eigenvalue weighted by atomic mass is 35.5. The zero-order chi connectivity index (χ0) is 19.7. The maximum absolute atomic E-state index is 13.4. The summed E-state index contributed by atoms with van der Waals surface area (Å²) in [5, 5.41) is 5.00. The summed E-state index contributed by atoms with van der Waals surface area (Å²) in [7, 11) is 0. The number of carbonyl (C=O) groups excluding carboxylic acids is 1. The molecule has 0 spiro atoms. The van der Waals surface area contributed by atoms with Gasteiger partial charge in [-0.2, -0.15) is 0 Å². The van der Waals surface area contributed by atoms with Gasteiger partial charge in [-0.05, 0) is 50.6 Å². The monoisotopic (exact) mass is 422 g/mol. The van der Waals surface area contributed by atoms with Crippen LogP contribution in [0, 0.1) is 0 Å². The average Bonchev–Trinajstić information content (AvgIpc) is 3.46. The lowest BCUT2D eigenvalue weighted by molar-refractivity contribution is 0.00849. The number of nitrogens with zero attached hydrogens (tertiary/aromatic N) is 3. The molecule has 4 rings (SSSR count). The van der Waals surface area contributed by atoms with Gasteiger partial charge < -0.3 is 19.9 Å². The molecule has 0 radical (unpaired) electrons. The molecule has 0 bridgehead atoms. The predicted octanol–water partition coefficient (Wildman–Crippen LogP) is 3.62. The number of halogens is 1. The zero-order valence-electron chi connectivity index (χ0n) is 17.2. The number of rotatable bonds is 7. The van der Waals surface area contributed by atoms with E-state index in [2.05, 4.69) is 24.0 Å².